The molecule has 100 valence electrons. The van der Waals surface area contributed by atoms with Gasteiger partial charge >= 0.3 is 11.9 Å². The maximum absolute atomic E-state index is 11.1. The predicted octanol–water partition coefficient (Wildman–Crippen LogP) is 0.661. The fourth-order valence-corrected chi connectivity index (χ4v) is 1.56. The molecule has 19 heavy (non-hydrogen) atoms. The quantitative estimate of drug-likeness (QED) is 0.781. The van der Waals surface area contributed by atoms with Crippen molar-refractivity contribution in [2.24, 2.45) is 0 Å². The molecule has 1 aromatic heterocycles. The maximum atomic E-state index is 11.1. The monoisotopic (exact) mass is 265 g/mol. The van der Waals surface area contributed by atoms with Crippen molar-refractivity contribution in [1.29, 1.82) is 0 Å². The number of aromatic nitrogens is 1. The van der Waals surface area contributed by atoms with Crippen LogP contribution in [-0.4, -0.2) is 34.2 Å². The molecule has 0 radical (unpaired) electrons. The minimum absolute atomic E-state index is 0.0795. The molecule has 0 aliphatic heterocycles. The van der Waals surface area contributed by atoms with Crippen molar-refractivity contribution >= 4 is 23.0 Å². The highest BCUT2D eigenvalue weighted by Crippen LogP contribution is 2.21. The minimum Gasteiger partial charge on any atom is -0.479 e. The van der Waals surface area contributed by atoms with Crippen LogP contribution in [0.3, 0.4) is 0 Å². The van der Waals surface area contributed by atoms with Gasteiger partial charge in [-0.15, -0.1) is 0 Å². The first-order valence-electron chi connectivity index (χ1n) is 5.38. The molecule has 7 nitrogen and oxygen atoms in total. The second kappa shape index (κ2) is 5.07. The van der Waals surface area contributed by atoms with Gasteiger partial charge in [-0.3, -0.25) is 4.79 Å². The Hall–Kier alpha value is -2.41. The fraction of sp³-hybridized carbons (Fsp3) is 0.250. The van der Waals surface area contributed by atoms with Gasteiger partial charge in [0.05, 0.1) is 13.5 Å². The first-order valence-corrected chi connectivity index (χ1v) is 5.38. The van der Waals surface area contributed by atoms with Crippen molar-refractivity contribution in [2.75, 3.05) is 7.11 Å². The minimum atomic E-state index is -1.81. The number of aliphatic hydroxyl groups is 1. The number of oxazole rings is 1. The zero-order chi connectivity index (χ0) is 14.0. The molecule has 1 atom stereocenters. The zero-order valence-corrected chi connectivity index (χ0v) is 9.99. The molecule has 0 amide bonds. The molecule has 2 N–H and O–H groups in total. The van der Waals surface area contributed by atoms with Crippen LogP contribution < -0.4 is 0 Å². The number of carbonyl (C=O) groups excluding carboxylic acids is 1. The summed E-state index contributed by atoms with van der Waals surface area (Å²) in [6.07, 6.45) is -1.73. The summed E-state index contributed by atoms with van der Waals surface area (Å²) in [6, 6.07) is 4.77. The number of aliphatic carboxylic acids is 1. The van der Waals surface area contributed by atoms with E-state index in [4.69, 9.17) is 9.52 Å². The molecule has 1 heterocycles. The van der Waals surface area contributed by atoms with Crippen molar-refractivity contribution in [3.8, 4) is 0 Å². The normalized spacial score (nSPS) is 12.3. The molecular formula is C12H11NO6. The molecule has 0 aliphatic carbocycles. The highest BCUT2D eigenvalue weighted by atomic mass is 16.5. The predicted molar refractivity (Wildman–Crippen MR) is 62.3 cm³/mol. The largest absolute Gasteiger partial charge is 0.479 e. The number of carbonyl (C=O) groups is 2. The number of esters is 1. The molecule has 0 saturated heterocycles. The van der Waals surface area contributed by atoms with E-state index >= 15 is 0 Å². The summed E-state index contributed by atoms with van der Waals surface area (Å²) in [6.45, 7) is 0. The van der Waals surface area contributed by atoms with E-state index in [2.05, 4.69) is 9.72 Å². The van der Waals surface area contributed by atoms with Gasteiger partial charge in [-0.25, -0.2) is 9.78 Å². The number of fused-ring (bicyclic) bond motifs is 1. The van der Waals surface area contributed by atoms with Crippen LogP contribution in [0.4, 0.5) is 0 Å². The summed E-state index contributed by atoms with van der Waals surface area (Å²) in [5.74, 6) is -2.13. The van der Waals surface area contributed by atoms with Gasteiger partial charge in [-0.05, 0) is 17.7 Å². The van der Waals surface area contributed by atoms with Gasteiger partial charge in [0.25, 0.3) is 0 Å². The van der Waals surface area contributed by atoms with Gasteiger partial charge in [0.15, 0.2) is 5.58 Å². The number of methoxy groups -OCH3 is 1. The average Bonchev–Trinajstić information content (AvgIpc) is 2.80. The van der Waals surface area contributed by atoms with Crippen molar-refractivity contribution in [1.82, 2.24) is 4.98 Å². The standard InChI is InChI=1S/C12H11NO6/c1-18-9(14)5-6-2-3-8-7(4-6)13-11(19-8)10(15)12(16)17/h2-4,10,15H,5H2,1H3,(H,16,17). The lowest BCUT2D eigenvalue weighted by atomic mass is 10.1. The fourth-order valence-electron chi connectivity index (χ4n) is 1.56. The number of carboxylic acid groups (broad SMARTS) is 1. The van der Waals surface area contributed by atoms with Crippen LogP contribution >= 0.6 is 0 Å². The lowest BCUT2D eigenvalue weighted by molar-refractivity contribution is -0.148. The topological polar surface area (TPSA) is 110 Å². The van der Waals surface area contributed by atoms with E-state index < -0.39 is 18.0 Å². The summed E-state index contributed by atoms with van der Waals surface area (Å²) < 4.78 is 9.66. The Kier molecular flexibility index (Phi) is 3.48. The van der Waals surface area contributed by atoms with E-state index in [0.717, 1.165) is 0 Å². The molecule has 2 rings (SSSR count). The Balaban J connectivity index is 2.33. The van der Waals surface area contributed by atoms with Gasteiger partial charge in [-0.1, -0.05) is 6.07 Å². The number of carboxylic acids is 1. The number of aliphatic hydroxyl groups excluding tert-OH is 1. The van der Waals surface area contributed by atoms with E-state index in [1.54, 1.807) is 18.2 Å². The maximum Gasteiger partial charge on any atom is 0.342 e. The molecule has 2 aromatic rings. The molecule has 0 saturated carbocycles. The van der Waals surface area contributed by atoms with Crippen molar-refractivity contribution in [3.05, 3.63) is 29.7 Å². The van der Waals surface area contributed by atoms with Crippen LogP contribution in [0.25, 0.3) is 11.1 Å². The molecule has 0 bridgehead atoms. The molecular weight excluding hydrogens is 254 g/mol. The number of benzene rings is 1. The third kappa shape index (κ3) is 2.71. The Morgan fingerprint density at radius 3 is 2.84 bits per heavy atom. The number of hydrogen-bond acceptors (Lipinski definition) is 6. The Labute approximate surface area is 107 Å². The second-order valence-corrected chi connectivity index (χ2v) is 3.85. The second-order valence-electron chi connectivity index (χ2n) is 3.85. The molecule has 0 aliphatic rings. The SMILES string of the molecule is COC(=O)Cc1ccc2oc(C(O)C(=O)O)nc2c1. The van der Waals surface area contributed by atoms with Gasteiger partial charge in [-0.2, -0.15) is 0 Å². The smallest absolute Gasteiger partial charge is 0.342 e. The van der Waals surface area contributed by atoms with E-state index in [1.165, 1.54) is 7.11 Å². The summed E-state index contributed by atoms with van der Waals surface area (Å²) in [5.41, 5.74) is 1.37. The summed E-state index contributed by atoms with van der Waals surface area (Å²) in [7, 11) is 1.29. The number of hydrogen-bond donors (Lipinski definition) is 2. The van der Waals surface area contributed by atoms with Crippen LogP contribution in [0.5, 0.6) is 0 Å². The molecule has 1 aromatic carbocycles. The Morgan fingerprint density at radius 2 is 2.21 bits per heavy atom. The van der Waals surface area contributed by atoms with Crippen LogP contribution in [-0.2, 0) is 20.7 Å². The van der Waals surface area contributed by atoms with Crippen molar-refractivity contribution < 1.29 is 29.0 Å². The van der Waals surface area contributed by atoms with Crippen molar-refractivity contribution in [2.45, 2.75) is 12.5 Å². The Morgan fingerprint density at radius 1 is 1.47 bits per heavy atom. The zero-order valence-electron chi connectivity index (χ0n) is 9.99. The van der Waals surface area contributed by atoms with Crippen LogP contribution in [0.15, 0.2) is 22.6 Å². The third-order valence-electron chi connectivity index (χ3n) is 2.51. The summed E-state index contributed by atoms with van der Waals surface area (Å²) >= 11 is 0. The molecule has 0 fully saturated rings. The Bertz CT molecular complexity index is 632. The van der Waals surface area contributed by atoms with E-state index in [0.29, 0.717) is 16.7 Å². The highest BCUT2D eigenvalue weighted by molar-refractivity contribution is 5.79. The molecule has 7 heteroatoms. The van der Waals surface area contributed by atoms with Gasteiger partial charge in [0, 0.05) is 0 Å². The molecule has 1 unspecified atom stereocenters. The lowest BCUT2D eigenvalue weighted by Crippen LogP contribution is -2.10. The van der Waals surface area contributed by atoms with Crippen LogP contribution in [0.2, 0.25) is 0 Å². The summed E-state index contributed by atoms with van der Waals surface area (Å²) in [5, 5.41) is 18.0. The number of ether oxygens (including phenoxy) is 1. The summed E-state index contributed by atoms with van der Waals surface area (Å²) in [4.78, 5) is 25.6. The first-order chi connectivity index (χ1) is 9.01. The van der Waals surface area contributed by atoms with E-state index in [9.17, 15) is 14.7 Å². The van der Waals surface area contributed by atoms with E-state index in [1.807, 2.05) is 0 Å². The van der Waals surface area contributed by atoms with Crippen molar-refractivity contribution in [3.63, 3.8) is 0 Å². The lowest BCUT2D eigenvalue weighted by Gasteiger charge is -1.98. The third-order valence-corrected chi connectivity index (χ3v) is 2.51. The number of rotatable bonds is 4. The average molecular weight is 265 g/mol. The first kappa shape index (κ1) is 13.0. The van der Waals surface area contributed by atoms with Crippen LogP contribution in [0.1, 0.15) is 17.6 Å². The van der Waals surface area contributed by atoms with E-state index in [-0.39, 0.29) is 12.3 Å². The number of nitrogens with zero attached hydrogens (tertiary/aromatic N) is 1. The molecule has 0 spiro atoms. The van der Waals surface area contributed by atoms with Gasteiger partial charge in [0.2, 0.25) is 12.0 Å². The van der Waals surface area contributed by atoms with Gasteiger partial charge < -0.3 is 19.4 Å². The van der Waals surface area contributed by atoms with Gasteiger partial charge in [0.1, 0.15) is 5.52 Å². The van der Waals surface area contributed by atoms with Crippen LogP contribution in [0, 0.1) is 0 Å². The highest BCUT2D eigenvalue weighted by Gasteiger charge is 2.22.